The number of hydrogen-bond donors (Lipinski definition) is 0. The maximum atomic E-state index is 11.3. The lowest BCUT2D eigenvalue weighted by Gasteiger charge is -2.07. The monoisotopic (exact) mass is 210 g/mol. The molecule has 0 aliphatic rings. The first-order chi connectivity index (χ1) is 6.18. The molecule has 0 rings (SSSR count). The summed E-state index contributed by atoms with van der Waals surface area (Å²) in [7, 11) is -2.71. The Balaban J connectivity index is 4.24. The summed E-state index contributed by atoms with van der Waals surface area (Å²) >= 11 is 0. The largest absolute Gasteiger partial charge is 0.657 e. The van der Waals surface area contributed by atoms with E-state index in [2.05, 4.69) is 29.1 Å². The Hall–Kier alpha value is -0.910. The Morgan fingerprint density at radius 1 is 1.15 bits per heavy atom. The number of phosphoric acid groups is 1. The Kier molecular flexibility index (Phi) is 6.13. The molecule has 0 bridgehead atoms. The molecule has 0 heterocycles. The molecule has 0 saturated carbocycles. The molecule has 0 atom stereocenters. The van der Waals surface area contributed by atoms with Gasteiger partial charge in [-0.2, -0.15) is 0 Å². The summed E-state index contributed by atoms with van der Waals surface area (Å²) in [4.78, 5) is 4.14. The van der Waals surface area contributed by atoms with Gasteiger partial charge in [0.2, 0.25) is 0 Å². The van der Waals surface area contributed by atoms with E-state index >= 15 is 0 Å². The van der Waals surface area contributed by atoms with Crippen molar-refractivity contribution in [1.29, 1.82) is 0 Å². The van der Waals surface area contributed by atoms with Crippen LogP contribution in [-0.2, 0) is 23.4 Å². The summed E-state index contributed by atoms with van der Waals surface area (Å²) in [6.07, 6.45) is 2.54. The number of oxime groups is 2. The molecular weight excluding hydrogens is 199 g/mol. The molecule has 8 heteroatoms. The summed E-state index contributed by atoms with van der Waals surface area (Å²) in [5, 5.41) is 6.45. The van der Waals surface area contributed by atoms with Crippen LogP contribution < -0.4 is 0 Å². The Morgan fingerprint density at radius 2 is 1.62 bits per heavy atom. The molecule has 0 amide bonds. The van der Waals surface area contributed by atoms with Gasteiger partial charge in [-0.25, -0.2) is 9.45 Å². The van der Waals surface area contributed by atoms with Crippen LogP contribution in [0.25, 0.3) is 0 Å². The van der Waals surface area contributed by atoms with Crippen molar-refractivity contribution < 1.29 is 23.4 Å². The third kappa shape index (κ3) is 5.35. The summed E-state index contributed by atoms with van der Waals surface area (Å²) in [5.74, 6) is 0. The Bertz CT molecular complexity index is 211. The van der Waals surface area contributed by atoms with E-state index in [4.69, 9.17) is 0 Å². The average molecular weight is 210 g/mol. The van der Waals surface area contributed by atoms with Crippen LogP contribution in [0.1, 0.15) is 13.8 Å². The van der Waals surface area contributed by atoms with Gasteiger partial charge in [-0.15, -0.1) is 4.67 Å². The van der Waals surface area contributed by atoms with Gasteiger partial charge in [0.1, 0.15) is 0 Å². The topological polar surface area (TPSA) is 78.7 Å². The maximum Gasteiger partial charge on any atom is 0.657 e. The van der Waals surface area contributed by atoms with Crippen LogP contribution in [0.3, 0.4) is 0 Å². The second-order valence-corrected chi connectivity index (χ2v) is 2.95. The van der Waals surface area contributed by atoms with Crippen molar-refractivity contribution >= 4 is 20.3 Å². The molecule has 0 unspecified atom stereocenters. The molecule has 0 spiro atoms. The van der Waals surface area contributed by atoms with Gasteiger partial charge in [0.05, 0.1) is 7.11 Å². The normalized spacial score (nSPS) is 12.5. The van der Waals surface area contributed by atoms with E-state index in [1.165, 1.54) is 12.4 Å². The third-order valence-corrected chi connectivity index (χ3v) is 1.59. The zero-order valence-corrected chi connectivity index (χ0v) is 8.43. The molecule has 0 aromatic heterocycles. The average Bonchev–Trinajstić information content (AvgIpc) is 2.12. The molecule has 0 aliphatic carbocycles. The van der Waals surface area contributed by atoms with Crippen molar-refractivity contribution in [1.82, 2.24) is 0 Å². The van der Waals surface area contributed by atoms with E-state index in [1.54, 1.807) is 13.8 Å². The summed E-state index contributed by atoms with van der Waals surface area (Å²) in [5.41, 5.74) is 0. The smallest absolute Gasteiger partial charge is 0.281 e. The van der Waals surface area contributed by atoms with Gasteiger partial charge in [-0.05, 0) is 13.8 Å². The lowest BCUT2D eigenvalue weighted by Crippen LogP contribution is -1.93. The first-order valence-electron chi connectivity index (χ1n) is 3.34. The van der Waals surface area contributed by atoms with E-state index in [0.717, 1.165) is 7.11 Å². The number of nitrogens with zero attached hydrogens (tertiary/aromatic N) is 2. The minimum absolute atomic E-state index is 1.16. The molecule has 0 fully saturated rings. The van der Waals surface area contributed by atoms with Crippen LogP contribution in [0, 0.1) is 0 Å². The lowest BCUT2D eigenvalue weighted by atomic mass is 10.9. The zero-order valence-electron chi connectivity index (χ0n) is 7.54. The molecular formula is C5H11N2O5P. The molecule has 0 N–H and O–H groups in total. The van der Waals surface area contributed by atoms with Gasteiger partial charge >= 0.3 is 7.82 Å². The summed E-state index contributed by atoms with van der Waals surface area (Å²) < 4.78 is 24.3. The van der Waals surface area contributed by atoms with Crippen molar-refractivity contribution in [2.75, 3.05) is 7.11 Å². The highest BCUT2D eigenvalue weighted by molar-refractivity contribution is 7.48. The predicted molar refractivity (Wildman–Crippen MR) is 46.2 cm³/mol. The minimum Gasteiger partial charge on any atom is -0.281 e. The molecule has 0 aromatic carbocycles. The zero-order chi connectivity index (χ0) is 10.2. The van der Waals surface area contributed by atoms with Crippen molar-refractivity contribution in [3.05, 3.63) is 0 Å². The third-order valence-electron chi connectivity index (χ3n) is 0.671. The highest BCUT2D eigenvalue weighted by atomic mass is 31.2. The summed E-state index contributed by atoms with van der Waals surface area (Å²) in [6, 6.07) is 0. The molecule has 76 valence electrons. The van der Waals surface area contributed by atoms with E-state index in [9.17, 15) is 4.57 Å². The van der Waals surface area contributed by atoms with Crippen LogP contribution >= 0.6 is 7.82 Å². The predicted octanol–water partition coefficient (Wildman–Crippen LogP) is 1.72. The Morgan fingerprint density at radius 3 is 1.92 bits per heavy atom. The van der Waals surface area contributed by atoms with Crippen LogP contribution in [0.5, 0.6) is 0 Å². The molecule has 7 nitrogen and oxygen atoms in total. The quantitative estimate of drug-likeness (QED) is 0.288. The highest BCUT2D eigenvalue weighted by Gasteiger charge is 2.32. The van der Waals surface area contributed by atoms with Crippen LogP contribution in [0.2, 0.25) is 0 Å². The van der Waals surface area contributed by atoms with Crippen molar-refractivity contribution in [2.45, 2.75) is 13.8 Å². The molecule has 0 aliphatic heterocycles. The van der Waals surface area contributed by atoms with Gasteiger partial charge in [0.25, 0.3) is 0 Å². The van der Waals surface area contributed by atoms with Crippen molar-refractivity contribution in [2.24, 2.45) is 10.3 Å². The van der Waals surface area contributed by atoms with Crippen LogP contribution in [-0.4, -0.2) is 19.5 Å². The van der Waals surface area contributed by atoms with E-state index < -0.39 is 7.82 Å². The fourth-order valence-corrected chi connectivity index (χ4v) is 1.03. The highest BCUT2D eigenvalue weighted by Crippen LogP contribution is 2.49. The lowest BCUT2D eigenvalue weighted by molar-refractivity contribution is -0.201. The standard InChI is InChI=1S/C5H11N2O5P/c1-4-6-10-13(8,12-9-3)11-7-5-2/h4-5H,1-3H3/b6-4+,7-5+. The van der Waals surface area contributed by atoms with E-state index in [0.29, 0.717) is 0 Å². The van der Waals surface area contributed by atoms with Crippen molar-refractivity contribution in [3.8, 4) is 0 Å². The molecule has 13 heavy (non-hydrogen) atoms. The SMILES string of the molecule is C/C=N/OP(=O)(O/N=C/C)OOC. The second-order valence-electron chi connectivity index (χ2n) is 1.58. The van der Waals surface area contributed by atoms with Crippen molar-refractivity contribution in [3.63, 3.8) is 0 Å². The van der Waals surface area contributed by atoms with Gasteiger partial charge in [0, 0.05) is 12.4 Å². The molecule has 0 saturated heterocycles. The van der Waals surface area contributed by atoms with Gasteiger partial charge in [0.15, 0.2) is 0 Å². The fraction of sp³-hybridized carbons (Fsp3) is 0.600. The van der Waals surface area contributed by atoms with E-state index in [1.807, 2.05) is 0 Å². The first-order valence-corrected chi connectivity index (χ1v) is 4.80. The van der Waals surface area contributed by atoms with Gasteiger partial charge < -0.3 is 0 Å². The number of rotatable bonds is 6. The molecule has 0 radical (unpaired) electrons. The second kappa shape index (κ2) is 6.59. The van der Waals surface area contributed by atoms with Gasteiger partial charge in [-0.1, -0.05) is 10.3 Å². The Labute approximate surface area is 75.8 Å². The maximum absolute atomic E-state index is 11.3. The fourth-order valence-electron chi connectivity index (χ4n) is 0.343. The first kappa shape index (κ1) is 12.1. The van der Waals surface area contributed by atoms with Gasteiger partial charge in [-0.3, -0.25) is 9.25 Å². The molecule has 0 aromatic rings. The van der Waals surface area contributed by atoms with Crippen LogP contribution in [0.4, 0.5) is 0 Å². The summed E-state index contributed by atoms with van der Waals surface area (Å²) in [6.45, 7) is 3.14. The van der Waals surface area contributed by atoms with E-state index in [-0.39, 0.29) is 0 Å². The minimum atomic E-state index is -3.87. The van der Waals surface area contributed by atoms with Crippen LogP contribution in [0.15, 0.2) is 10.3 Å². The number of hydrogen-bond acceptors (Lipinski definition) is 7.